The Morgan fingerprint density at radius 1 is 1.29 bits per heavy atom. The monoisotopic (exact) mass is 238 g/mol. The summed E-state index contributed by atoms with van der Waals surface area (Å²) in [6, 6.07) is 5.22. The van der Waals surface area contributed by atoms with Gasteiger partial charge in [0.15, 0.2) is 0 Å². The molecule has 0 radical (unpaired) electrons. The summed E-state index contributed by atoms with van der Waals surface area (Å²) < 4.78 is 13.9. The minimum Gasteiger partial charge on any atom is -0.311 e. The summed E-state index contributed by atoms with van der Waals surface area (Å²) in [5.41, 5.74) is 1.64. The van der Waals surface area contributed by atoms with E-state index < -0.39 is 0 Å². The largest absolute Gasteiger partial charge is 0.311 e. The van der Waals surface area contributed by atoms with Crippen molar-refractivity contribution in [1.82, 2.24) is 10.2 Å². The van der Waals surface area contributed by atoms with E-state index >= 15 is 0 Å². The zero-order chi connectivity index (χ0) is 13.2. The van der Waals surface area contributed by atoms with Gasteiger partial charge in [0.1, 0.15) is 5.82 Å². The number of likely N-dealkylation sites (N-methyl/N-ethyl adjacent to an activating group) is 2. The van der Waals surface area contributed by atoms with Crippen LogP contribution in [0.25, 0.3) is 0 Å². The Balaban J connectivity index is 3.22. The first kappa shape index (κ1) is 14.1. The van der Waals surface area contributed by atoms with Crippen LogP contribution in [0.2, 0.25) is 0 Å². The first-order valence-corrected chi connectivity index (χ1v) is 5.91. The van der Waals surface area contributed by atoms with Crippen LogP contribution in [0.3, 0.4) is 0 Å². The second-order valence-electron chi connectivity index (χ2n) is 5.29. The van der Waals surface area contributed by atoms with Crippen molar-refractivity contribution < 1.29 is 4.39 Å². The fraction of sp³-hybridized carbons (Fsp3) is 0.571. The molecule has 0 aliphatic carbocycles. The molecule has 0 heterocycles. The average molecular weight is 238 g/mol. The van der Waals surface area contributed by atoms with Crippen LogP contribution in [0.1, 0.15) is 31.0 Å². The van der Waals surface area contributed by atoms with Gasteiger partial charge < -0.3 is 10.2 Å². The highest BCUT2D eigenvalue weighted by Crippen LogP contribution is 2.31. The summed E-state index contributed by atoms with van der Waals surface area (Å²) in [5, 5.41) is 3.23. The predicted octanol–water partition coefficient (Wildman–Crippen LogP) is 2.73. The number of nitrogens with one attached hydrogen (secondary N) is 1. The molecule has 0 bridgehead atoms. The lowest BCUT2D eigenvalue weighted by Gasteiger charge is -2.40. The summed E-state index contributed by atoms with van der Waals surface area (Å²) in [4.78, 5) is 2.11. The summed E-state index contributed by atoms with van der Waals surface area (Å²) in [6.07, 6.45) is 0. The molecule has 0 aliphatic rings. The molecule has 1 N–H and O–H groups in total. The first-order chi connectivity index (χ1) is 7.80. The predicted molar refractivity (Wildman–Crippen MR) is 70.7 cm³/mol. The van der Waals surface area contributed by atoms with Gasteiger partial charge in [-0.2, -0.15) is 0 Å². The minimum absolute atomic E-state index is 0.0441. The molecule has 2 nitrogen and oxygen atoms in total. The van der Waals surface area contributed by atoms with Crippen LogP contribution in [0.5, 0.6) is 0 Å². The van der Waals surface area contributed by atoms with Crippen molar-refractivity contribution in [1.29, 1.82) is 0 Å². The van der Waals surface area contributed by atoms with E-state index in [1.54, 1.807) is 12.1 Å². The molecular weight excluding hydrogens is 215 g/mol. The van der Waals surface area contributed by atoms with Crippen molar-refractivity contribution in [3.63, 3.8) is 0 Å². The molecular formula is C14H23FN2. The van der Waals surface area contributed by atoms with Crippen LogP contribution in [0.15, 0.2) is 18.2 Å². The number of nitrogens with zero attached hydrogens (tertiary/aromatic N) is 1. The standard InChI is InChI=1S/C14H23FN2/c1-10-7-8-12(15)11(9-10)13(16-4)14(2,3)17(5)6/h7-9,13,16H,1-6H3. The molecule has 0 fully saturated rings. The third kappa shape index (κ3) is 2.85. The Labute approximate surface area is 104 Å². The molecule has 1 atom stereocenters. The second-order valence-corrected chi connectivity index (χ2v) is 5.29. The van der Waals surface area contributed by atoms with E-state index in [0.717, 1.165) is 11.1 Å². The molecule has 0 aliphatic heterocycles. The Bertz CT molecular complexity index is 386. The molecule has 1 rings (SSSR count). The van der Waals surface area contributed by atoms with Crippen molar-refractivity contribution in [2.45, 2.75) is 32.4 Å². The van der Waals surface area contributed by atoms with Crippen molar-refractivity contribution in [3.8, 4) is 0 Å². The van der Waals surface area contributed by atoms with Crippen LogP contribution >= 0.6 is 0 Å². The maximum atomic E-state index is 13.9. The van der Waals surface area contributed by atoms with E-state index in [2.05, 4.69) is 24.1 Å². The van der Waals surface area contributed by atoms with Gasteiger partial charge in [-0.15, -0.1) is 0 Å². The highest BCUT2D eigenvalue weighted by molar-refractivity contribution is 5.29. The highest BCUT2D eigenvalue weighted by atomic mass is 19.1. The number of hydrogen-bond acceptors (Lipinski definition) is 2. The van der Waals surface area contributed by atoms with Gasteiger partial charge in [0.05, 0.1) is 6.04 Å². The molecule has 0 amide bonds. The number of benzene rings is 1. The molecule has 3 heteroatoms. The Morgan fingerprint density at radius 3 is 2.35 bits per heavy atom. The zero-order valence-electron chi connectivity index (χ0n) is 11.6. The van der Waals surface area contributed by atoms with Gasteiger partial charge in [0.25, 0.3) is 0 Å². The number of halogens is 1. The van der Waals surface area contributed by atoms with Gasteiger partial charge in [-0.1, -0.05) is 17.7 Å². The van der Waals surface area contributed by atoms with E-state index in [0.29, 0.717) is 0 Å². The van der Waals surface area contributed by atoms with Crippen molar-refractivity contribution in [2.75, 3.05) is 21.1 Å². The van der Waals surface area contributed by atoms with Crippen LogP contribution in [0.4, 0.5) is 4.39 Å². The number of hydrogen-bond donors (Lipinski definition) is 1. The van der Waals surface area contributed by atoms with Gasteiger partial charge in [-0.25, -0.2) is 4.39 Å². The molecule has 96 valence electrons. The highest BCUT2D eigenvalue weighted by Gasteiger charge is 2.33. The fourth-order valence-corrected chi connectivity index (χ4v) is 2.03. The van der Waals surface area contributed by atoms with E-state index in [4.69, 9.17) is 0 Å². The second kappa shape index (κ2) is 5.15. The lowest BCUT2D eigenvalue weighted by atomic mass is 9.86. The van der Waals surface area contributed by atoms with Crippen LogP contribution in [-0.2, 0) is 0 Å². The summed E-state index contributed by atoms with van der Waals surface area (Å²) >= 11 is 0. The van der Waals surface area contributed by atoms with Crippen molar-refractivity contribution >= 4 is 0 Å². The molecule has 0 spiro atoms. The van der Waals surface area contributed by atoms with Crippen LogP contribution in [0, 0.1) is 12.7 Å². The van der Waals surface area contributed by atoms with Gasteiger partial charge in [0, 0.05) is 11.1 Å². The van der Waals surface area contributed by atoms with Gasteiger partial charge >= 0.3 is 0 Å². The van der Waals surface area contributed by atoms with Gasteiger partial charge in [0.2, 0.25) is 0 Å². The molecule has 0 aromatic heterocycles. The maximum absolute atomic E-state index is 13.9. The third-order valence-electron chi connectivity index (χ3n) is 3.61. The van der Waals surface area contributed by atoms with E-state index in [1.165, 1.54) is 0 Å². The number of rotatable bonds is 4. The summed E-state index contributed by atoms with van der Waals surface area (Å²) in [7, 11) is 5.90. The number of aryl methyl sites for hydroxylation is 1. The van der Waals surface area contributed by atoms with Crippen LogP contribution < -0.4 is 5.32 Å². The third-order valence-corrected chi connectivity index (χ3v) is 3.61. The van der Waals surface area contributed by atoms with E-state index in [1.807, 2.05) is 34.1 Å². The lowest BCUT2D eigenvalue weighted by molar-refractivity contribution is 0.140. The van der Waals surface area contributed by atoms with Crippen LogP contribution in [-0.4, -0.2) is 31.6 Å². The topological polar surface area (TPSA) is 15.3 Å². The Morgan fingerprint density at radius 2 is 1.88 bits per heavy atom. The van der Waals surface area contributed by atoms with E-state index in [9.17, 15) is 4.39 Å². The molecule has 0 saturated heterocycles. The van der Waals surface area contributed by atoms with Gasteiger partial charge in [-0.3, -0.25) is 0 Å². The van der Waals surface area contributed by atoms with Crippen molar-refractivity contribution in [3.05, 3.63) is 35.1 Å². The Kier molecular flexibility index (Phi) is 4.28. The molecule has 0 saturated carbocycles. The summed E-state index contributed by atoms with van der Waals surface area (Å²) in [5.74, 6) is -0.148. The smallest absolute Gasteiger partial charge is 0.128 e. The van der Waals surface area contributed by atoms with Gasteiger partial charge in [-0.05, 0) is 48.0 Å². The molecule has 17 heavy (non-hydrogen) atoms. The zero-order valence-corrected chi connectivity index (χ0v) is 11.6. The van der Waals surface area contributed by atoms with Crippen molar-refractivity contribution in [2.24, 2.45) is 0 Å². The first-order valence-electron chi connectivity index (χ1n) is 5.91. The SMILES string of the molecule is CNC(c1cc(C)ccc1F)C(C)(C)N(C)C. The molecule has 1 aromatic carbocycles. The lowest BCUT2D eigenvalue weighted by Crippen LogP contribution is -2.48. The quantitative estimate of drug-likeness (QED) is 0.867. The molecule has 1 unspecified atom stereocenters. The minimum atomic E-state index is -0.163. The summed E-state index contributed by atoms with van der Waals surface area (Å²) in [6.45, 7) is 6.20. The molecule has 1 aromatic rings. The normalized spacial score (nSPS) is 14.1. The fourth-order valence-electron chi connectivity index (χ4n) is 2.03. The maximum Gasteiger partial charge on any atom is 0.128 e. The van der Waals surface area contributed by atoms with E-state index in [-0.39, 0.29) is 17.4 Å². The average Bonchev–Trinajstić information content (AvgIpc) is 2.23. The Hall–Kier alpha value is -0.930.